The van der Waals surface area contributed by atoms with Crippen molar-refractivity contribution in [2.45, 2.75) is 82.1 Å². The summed E-state index contributed by atoms with van der Waals surface area (Å²) in [6, 6.07) is 4.74. The van der Waals surface area contributed by atoms with Gasteiger partial charge in [-0.1, -0.05) is 36.8 Å². The van der Waals surface area contributed by atoms with Crippen LogP contribution in [0.1, 0.15) is 62.6 Å². The standard InChI is InChI=1S/C29H35N5O9S/c35-23(16-44)20(14-26(39)40)31-27(41)22-13-18-8-4-5-9-21(18)33-28(42)32(29(43)34(22)33)15-19(10-11-25(37)38)30-24(36)12-17-6-2-1-3-7-17/h1-3,6-7,13,19-22,44H,4-5,8-12,14-16H2,(H,30,36)(H,31,41)(H,37,38)(H,39,40)/t19-,20-,21-,22-/m0/s1. The number of nitrogens with one attached hydrogen (secondary N) is 2. The van der Waals surface area contributed by atoms with Crippen molar-refractivity contribution in [3.63, 3.8) is 0 Å². The van der Waals surface area contributed by atoms with Gasteiger partial charge in [-0.15, -0.1) is 0 Å². The zero-order chi connectivity index (χ0) is 32.0. The van der Waals surface area contributed by atoms with Crippen molar-refractivity contribution in [2.24, 2.45) is 0 Å². The number of aliphatic carboxylic acids is 2. The molecule has 2 heterocycles. The van der Waals surface area contributed by atoms with Crippen LogP contribution in [-0.2, 0) is 36.9 Å². The number of amides is 2. The number of hydrogen-bond acceptors (Lipinski definition) is 8. The number of carbonyl (C=O) groups is 5. The number of hydrogen-bond donors (Lipinski definition) is 5. The molecule has 0 bridgehead atoms. The molecular formula is C29H35N5O9S. The number of fused-ring (bicyclic) bond motifs is 3. The fourth-order valence-corrected chi connectivity index (χ4v) is 5.95. The molecule has 0 saturated heterocycles. The van der Waals surface area contributed by atoms with Crippen molar-refractivity contribution in [1.82, 2.24) is 24.6 Å². The summed E-state index contributed by atoms with van der Waals surface area (Å²) < 4.78 is 3.10. The van der Waals surface area contributed by atoms with E-state index in [0.717, 1.165) is 33.2 Å². The predicted octanol–water partition coefficient (Wildman–Crippen LogP) is 0.458. The minimum absolute atomic E-state index is 0.00463. The van der Waals surface area contributed by atoms with Crippen molar-refractivity contribution in [3.05, 3.63) is 68.5 Å². The Morgan fingerprint density at radius 2 is 1.66 bits per heavy atom. The maximum Gasteiger partial charge on any atom is 0.348 e. The Kier molecular flexibility index (Phi) is 10.6. The van der Waals surface area contributed by atoms with E-state index < -0.39 is 71.5 Å². The van der Waals surface area contributed by atoms with Gasteiger partial charge in [0.15, 0.2) is 11.8 Å². The van der Waals surface area contributed by atoms with Gasteiger partial charge in [0.25, 0.3) is 0 Å². The highest BCUT2D eigenvalue weighted by Gasteiger charge is 2.38. The number of carbonyl (C=O) groups excluding carboxylic acids is 3. The van der Waals surface area contributed by atoms with Crippen molar-refractivity contribution in [3.8, 4) is 0 Å². The Labute approximate surface area is 257 Å². The largest absolute Gasteiger partial charge is 0.481 e. The first-order chi connectivity index (χ1) is 21.0. The highest BCUT2D eigenvalue weighted by atomic mass is 32.1. The molecule has 4 rings (SSSR count). The van der Waals surface area contributed by atoms with Crippen LogP contribution in [0.4, 0.5) is 0 Å². The highest BCUT2D eigenvalue weighted by molar-refractivity contribution is 7.81. The fourth-order valence-electron chi connectivity index (χ4n) is 5.73. The Balaban J connectivity index is 1.68. The normalized spacial score (nSPS) is 18.6. The van der Waals surface area contributed by atoms with E-state index in [1.807, 2.05) is 0 Å². The van der Waals surface area contributed by atoms with Gasteiger partial charge >= 0.3 is 23.3 Å². The minimum atomic E-state index is -1.39. The molecule has 0 radical (unpaired) electrons. The molecule has 1 aromatic carbocycles. The van der Waals surface area contributed by atoms with Crippen LogP contribution < -0.4 is 22.0 Å². The zero-order valence-corrected chi connectivity index (χ0v) is 24.8. The monoisotopic (exact) mass is 629 g/mol. The molecule has 4 N–H and O–H groups in total. The molecule has 2 amide bonds. The van der Waals surface area contributed by atoms with Crippen LogP contribution in [-0.4, -0.2) is 71.5 Å². The first kappa shape index (κ1) is 32.5. The number of ketones is 1. The second-order valence-electron chi connectivity index (χ2n) is 11.0. The topological polar surface area (TPSA) is 199 Å². The molecule has 0 unspecified atom stereocenters. The summed E-state index contributed by atoms with van der Waals surface area (Å²) in [5.74, 6) is -4.64. The SMILES string of the molecule is O=C(O)CC[C@@H](Cn1c(=O)n2n(c1=O)[C@H]1CCCCC1=C[C@H]2C(=O)N[C@@H](CC(=O)O)C(=O)CS)NC(=O)Cc1ccccc1. The summed E-state index contributed by atoms with van der Waals surface area (Å²) in [4.78, 5) is 89.0. The number of benzene rings is 1. The van der Waals surface area contributed by atoms with E-state index in [0.29, 0.717) is 12.8 Å². The van der Waals surface area contributed by atoms with Gasteiger partial charge in [-0.2, -0.15) is 12.6 Å². The Morgan fingerprint density at radius 3 is 2.32 bits per heavy atom. The molecule has 1 aliphatic heterocycles. The third-order valence-corrected chi connectivity index (χ3v) is 8.14. The maximum absolute atomic E-state index is 13.8. The van der Waals surface area contributed by atoms with Gasteiger partial charge in [0, 0.05) is 12.5 Å². The second kappa shape index (κ2) is 14.4. The molecule has 1 fully saturated rings. The maximum atomic E-state index is 13.8. The van der Waals surface area contributed by atoms with Crippen LogP contribution in [0.5, 0.6) is 0 Å². The molecule has 0 spiro atoms. The number of aromatic nitrogens is 3. The summed E-state index contributed by atoms with van der Waals surface area (Å²) in [5.41, 5.74) is -0.0918. The van der Waals surface area contributed by atoms with Crippen LogP contribution in [0, 0.1) is 0 Å². The first-order valence-corrected chi connectivity index (χ1v) is 15.0. The number of carboxylic acids is 2. The molecule has 236 valence electrons. The summed E-state index contributed by atoms with van der Waals surface area (Å²) in [7, 11) is 0. The van der Waals surface area contributed by atoms with Crippen molar-refractivity contribution in [2.75, 3.05) is 5.75 Å². The molecular weight excluding hydrogens is 594 g/mol. The lowest BCUT2D eigenvalue weighted by molar-refractivity contribution is -0.140. The van der Waals surface area contributed by atoms with Crippen LogP contribution >= 0.6 is 12.6 Å². The molecule has 1 saturated carbocycles. The lowest BCUT2D eigenvalue weighted by atomic mass is 9.87. The van der Waals surface area contributed by atoms with E-state index in [9.17, 15) is 43.8 Å². The lowest BCUT2D eigenvalue weighted by Crippen LogP contribution is -2.49. The fraction of sp³-hybridized carbons (Fsp3) is 0.483. The number of allylic oxidation sites excluding steroid dienone is 1. The number of nitrogens with zero attached hydrogens (tertiary/aromatic N) is 3. The lowest BCUT2D eigenvalue weighted by Gasteiger charge is -2.34. The van der Waals surface area contributed by atoms with Crippen LogP contribution in [0.25, 0.3) is 0 Å². The van der Waals surface area contributed by atoms with Crippen molar-refractivity contribution >= 4 is 42.2 Å². The van der Waals surface area contributed by atoms with Gasteiger partial charge in [-0.3, -0.25) is 24.0 Å². The van der Waals surface area contributed by atoms with Gasteiger partial charge in [0.05, 0.1) is 37.2 Å². The molecule has 2 aliphatic rings. The second-order valence-corrected chi connectivity index (χ2v) is 11.3. The number of rotatable bonds is 14. The molecule has 1 aliphatic carbocycles. The van der Waals surface area contributed by atoms with E-state index in [1.165, 1.54) is 4.68 Å². The third kappa shape index (κ3) is 7.56. The molecule has 1 aromatic heterocycles. The number of Topliss-reactive ketones (excluding diaryl/α,β-unsaturated/α-hetero) is 1. The molecule has 44 heavy (non-hydrogen) atoms. The molecule has 4 atom stereocenters. The smallest absolute Gasteiger partial charge is 0.348 e. The van der Waals surface area contributed by atoms with Crippen molar-refractivity contribution in [1.29, 1.82) is 0 Å². The van der Waals surface area contributed by atoms with Crippen LogP contribution in [0.15, 0.2) is 51.6 Å². The summed E-state index contributed by atoms with van der Waals surface area (Å²) >= 11 is 3.90. The van der Waals surface area contributed by atoms with Crippen LogP contribution in [0.2, 0.25) is 0 Å². The van der Waals surface area contributed by atoms with E-state index in [2.05, 4.69) is 23.3 Å². The number of thiol groups is 1. The molecule has 14 nitrogen and oxygen atoms in total. The summed E-state index contributed by atoms with van der Waals surface area (Å²) in [5, 5.41) is 23.7. The molecule has 15 heteroatoms. The predicted molar refractivity (Wildman–Crippen MR) is 160 cm³/mol. The van der Waals surface area contributed by atoms with E-state index >= 15 is 0 Å². The number of carboxylic acid groups (broad SMARTS) is 2. The van der Waals surface area contributed by atoms with E-state index in [4.69, 9.17) is 0 Å². The average molecular weight is 630 g/mol. The Hall–Kier alpha value is -4.40. The van der Waals surface area contributed by atoms with Gasteiger partial charge < -0.3 is 20.8 Å². The van der Waals surface area contributed by atoms with Crippen LogP contribution in [0.3, 0.4) is 0 Å². The Morgan fingerprint density at radius 1 is 0.955 bits per heavy atom. The first-order valence-electron chi connectivity index (χ1n) is 14.3. The molecule has 2 aromatic rings. The Bertz CT molecular complexity index is 1580. The van der Waals surface area contributed by atoms with E-state index in [1.54, 1.807) is 36.4 Å². The summed E-state index contributed by atoms with van der Waals surface area (Å²) in [6.45, 7) is -0.339. The van der Waals surface area contributed by atoms with Gasteiger partial charge in [0.1, 0.15) is 0 Å². The minimum Gasteiger partial charge on any atom is -0.481 e. The van der Waals surface area contributed by atoms with Gasteiger partial charge in [-0.25, -0.2) is 23.5 Å². The van der Waals surface area contributed by atoms with Gasteiger partial charge in [0.2, 0.25) is 11.8 Å². The van der Waals surface area contributed by atoms with E-state index in [-0.39, 0.29) is 31.6 Å². The third-order valence-electron chi connectivity index (χ3n) is 7.83. The van der Waals surface area contributed by atoms with Crippen molar-refractivity contribution < 1.29 is 34.2 Å². The quantitative estimate of drug-likeness (QED) is 0.146. The average Bonchev–Trinajstić information content (AvgIpc) is 3.24. The zero-order valence-electron chi connectivity index (χ0n) is 23.9. The summed E-state index contributed by atoms with van der Waals surface area (Å²) in [6.07, 6.45) is 3.20. The van der Waals surface area contributed by atoms with Gasteiger partial charge in [-0.05, 0) is 42.9 Å². The highest BCUT2D eigenvalue weighted by Crippen LogP contribution is 2.37.